The number of hydrogen-bond acceptors (Lipinski definition) is 5. The molecule has 0 atom stereocenters. The molecule has 1 aliphatic rings. The quantitative estimate of drug-likeness (QED) is 0.703. The zero-order valence-electron chi connectivity index (χ0n) is 15.0. The zero-order valence-corrected chi connectivity index (χ0v) is 17.4. The van der Waals surface area contributed by atoms with Crippen LogP contribution in [0, 0.1) is 0 Å². The normalized spacial score (nSPS) is 14.8. The van der Waals surface area contributed by atoms with E-state index in [1.807, 2.05) is 0 Å². The van der Waals surface area contributed by atoms with Gasteiger partial charge in [0.05, 0.1) is 28.6 Å². The first-order valence-electron chi connectivity index (χ1n) is 8.25. The second-order valence-corrected chi connectivity index (χ2v) is 8.66. The second-order valence-electron chi connectivity index (χ2n) is 5.93. The maximum Gasteiger partial charge on any atom is 0.409 e. The minimum absolute atomic E-state index is 0.193. The van der Waals surface area contributed by atoms with Crippen LogP contribution in [0.4, 0.5) is 10.5 Å². The molecule has 2 amide bonds. The van der Waals surface area contributed by atoms with E-state index in [0.29, 0.717) is 26.2 Å². The first kappa shape index (κ1) is 21.6. The molecule has 0 spiro atoms. The van der Waals surface area contributed by atoms with E-state index in [4.69, 9.17) is 27.9 Å². The molecular weight excluding hydrogens is 417 g/mol. The Morgan fingerprint density at radius 2 is 1.70 bits per heavy atom. The van der Waals surface area contributed by atoms with Gasteiger partial charge in [0, 0.05) is 26.2 Å². The molecule has 0 saturated carbocycles. The molecule has 1 saturated heterocycles. The lowest BCUT2D eigenvalue weighted by Gasteiger charge is -2.35. The van der Waals surface area contributed by atoms with Gasteiger partial charge in [-0.3, -0.25) is 9.10 Å². The predicted octanol–water partition coefficient (Wildman–Crippen LogP) is 2.06. The predicted molar refractivity (Wildman–Crippen MR) is 104 cm³/mol. The average Bonchev–Trinajstić information content (AvgIpc) is 2.61. The minimum Gasteiger partial charge on any atom is -0.450 e. The smallest absolute Gasteiger partial charge is 0.409 e. The summed E-state index contributed by atoms with van der Waals surface area (Å²) in [5.74, 6) is -0.366. The van der Waals surface area contributed by atoms with Crippen LogP contribution >= 0.6 is 23.2 Å². The summed E-state index contributed by atoms with van der Waals surface area (Å²) in [6, 6.07) is 4.36. The van der Waals surface area contributed by atoms with Crippen molar-refractivity contribution in [3.63, 3.8) is 0 Å². The Morgan fingerprint density at radius 1 is 1.11 bits per heavy atom. The maximum absolute atomic E-state index is 12.6. The van der Waals surface area contributed by atoms with Gasteiger partial charge >= 0.3 is 6.09 Å². The molecule has 27 heavy (non-hydrogen) atoms. The molecule has 2 rings (SSSR count). The van der Waals surface area contributed by atoms with Crippen molar-refractivity contribution in [1.82, 2.24) is 9.80 Å². The van der Waals surface area contributed by atoms with Gasteiger partial charge in [0.15, 0.2) is 0 Å². The third-order valence-corrected chi connectivity index (χ3v) is 5.91. The molecule has 8 nitrogen and oxygen atoms in total. The van der Waals surface area contributed by atoms with Crippen molar-refractivity contribution in [3.05, 3.63) is 28.2 Å². The monoisotopic (exact) mass is 437 g/mol. The highest BCUT2D eigenvalue weighted by Crippen LogP contribution is 2.28. The van der Waals surface area contributed by atoms with Gasteiger partial charge in [-0.1, -0.05) is 23.2 Å². The summed E-state index contributed by atoms with van der Waals surface area (Å²) in [6.07, 6.45) is 0.597. The summed E-state index contributed by atoms with van der Waals surface area (Å²) >= 11 is 11.8. The number of amides is 2. The number of rotatable bonds is 5. The summed E-state index contributed by atoms with van der Waals surface area (Å²) in [4.78, 5) is 27.4. The van der Waals surface area contributed by atoms with Crippen LogP contribution in [0.5, 0.6) is 0 Å². The molecule has 1 heterocycles. The number of benzene rings is 1. The van der Waals surface area contributed by atoms with Gasteiger partial charge in [0.1, 0.15) is 6.54 Å². The van der Waals surface area contributed by atoms with Crippen molar-refractivity contribution in [2.24, 2.45) is 0 Å². The molecule has 0 radical (unpaired) electrons. The van der Waals surface area contributed by atoms with Crippen molar-refractivity contribution in [3.8, 4) is 0 Å². The van der Waals surface area contributed by atoms with Gasteiger partial charge in [-0.2, -0.15) is 0 Å². The van der Waals surface area contributed by atoms with E-state index in [1.165, 1.54) is 28.0 Å². The fourth-order valence-electron chi connectivity index (χ4n) is 2.62. The lowest BCUT2D eigenvalue weighted by atomic mass is 10.3. The highest BCUT2D eigenvalue weighted by molar-refractivity contribution is 7.92. The fourth-order valence-corrected chi connectivity index (χ4v) is 3.75. The number of ether oxygens (including phenoxy) is 1. The molecule has 1 fully saturated rings. The van der Waals surface area contributed by atoms with Gasteiger partial charge < -0.3 is 14.5 Å². The van der Waals surface area contributed by atoms with Crippen molar-refractivity contribution >= 4 is 50.9 Å². The number of hydrogen-bond donors (Lipinski definition) is 0. The van der Waals surface area contributed by atoms with Crippen LogP contribution in [0.2, 0.25) is 10.0 Å². The molecule has 11 heteroatoms. The van der Waals surface area contributed by atoms with Crippen LogP contribution in [0.25, 0.3) is 0 Å². The average molecular weight is 438 g/mol. The van der Waals surface area contributed by atoms with Crippen molar-refractivity contribution < 1.29 is 22.7 Å². The Morgan fingerprint density at radius 3 is 2.22 bits per heavy atom. The lowest BCUT2D eigenvalue weighted by Crippen LogP contribution is -2.53. The molecule has 0 aliphatic carbocycles. The lowest BCUT2D eigenvalue weighted by molar-refractivity contribution is -0.131. The van der Waals surface area contributed by atoms with E-state index in [0.717, 1.165) is 10.6 Å². The van der Waals surface area contributed by atoms with Crippen molar-refractivity contribution in [2.75, 3.05) is 49.9 Å². The van der Waals surface area contributed by atoms with Gasteiger partial charge in [-0.15, -0.1) is 0 Å². The van der Waals surface area contributed by atoms with Crippen LogP contribution in [-0.2, 0) is 19.6 Å². The highest BCUT2D eigenvalue weighted by atomic mass is 35.5. The Kier molecular flexibility index (Phi) is 7.19. The van der Waals surface area contributed by atoms with Crippen molar-refractivity contribution in [1.29, 1.82) is 0 Å². The Labute approximate surface area is 168 Å². The Balaban J connectivity index is 2.07. The maximum atomic E-state index is 12.6. The number of sulfonamides is 1. The summed E-state index contributed by atoms with van der Waals surface area (Å²) in [5.41, 5.74) is 0.255. The number of piperazine rings is 1. The van der Waals surface area contributed by atoms with E-state index in [1.54, 1.807) is 6.92 Å². The summed E-state index contributed by atoms with van der Waals surface area (Å²) in [5, 5.41) is 0.480. The van der Waals surface area contributed by atoms with E-state index >= 15 is 0 Å². The van der Waals surface area contributed by atoms with Gasteiger partial charge in [0.25, 0.3) is 0 Å². The fraction of sp³-hybridized carbons (Fsp3) is 0.500. The first-order valence-corrected chi connectivity index (χ1v) is 10.9. The van der Waals surface area contributed by atoms with Gasteiger partial charge in [-0.05, 0) is 25.1 Å². The van der Waals surface area contributed by atoms with Crippen molar-refractivity contribution in [2.45, 2.75) is 6.92 Å². The van der Waals surface area contributed by atoms with E-state index in [9.17, 15) is 18.0 Å². The molecule has 1 aliphatic heterocycles. The molecular formula is C16H21Cl2N3O5S. The molecule has 150 valence electrons. The zero-order chi connectivity index (χ0) is 20.2. The molecule has 0 bridgehead atoms. The number of carbonyl (C=O) groups is 2. The third-order valence-electron chi connectivity index (χ3n) is 4.03. The third kappa shape index (κ3) is 5.63. The highest BCUT2D eigenvalue weighted by Gasteiger charge is 2.28. The second kappa shape index (κ2) is 8.99. The standard InChI is InChI=1S/C16H21Cl2N3O5S/c1-3-26-16(23)20-8-6-19(7-9-20)15(22)11-21(27(2,24)25)12-4-5-13(17)14(18)10-12/h4-5,10H,3,6-9,11H2,1-2H3. The van der Waals surface area contributed by atoms with Crippen LogP contribution in [0.1, 0.15) is 6.92 Å². The number of nitrogens with zero attached hydrogens (tertiary/aromatic N) is 3. The van der Waals surface area contributed by atoms with Gasteiger partial charge in [0.2, 0.25) is 15.9 Å². The van der Waals surface area contributed by atoms with Crippen LogP contribution in [0.15, 0.2) is 18.2 Å². The summed E-state index contributed by atoms with van der Waals surface area (Å²) < 4.78 is 30.3. The molecule has 0 N–H and O–H groups in total. The summed E-state index contributed by atoms with van der Waals surface area (Å²) in [7, 11) is -3.71. The molecule has 1 aromatic rings. The van der Waals surface area contributed by atoms with Crippen LogP contribution in [0.3, 0.4) is 0 Å². The van der Waals surface area contributed by atoms with Gasteiger partial charge in [-0.25, -0.2) is 13.2 Å². The van der Waals surface area contributed by atoms with Crippen LogP contribution < -0.4 is 4.31 Å². The molecule has 0 unspecified atom stereocenters. The van der Waals surface area contributed by atoms with Crippen LogP contribution in [-0.4, -0.2) is 75.8 Å². The Bertz CT molecular complexity index is 810. The molecule has 1 aromatic carbocycles. The topological polar surface area (TPSA) is 87.2 Å². The number of halogens is 2. The first-order chi connectivity index (χ1) is 12.6. The number of carbonyl (C=O) groups excluding carboxylic acids is 2. The summed E-state index contributed by atoms with van der Waals surface area (Å²) in [6.45, 7) is 2.90. The minimum atomic E-state index is -3.71. The van der Waals surface area contributed by atoms with E-state index < -0.39 is 16.1 Å². The number of anilines is 1. The Hall–Kier alpha value is -1.71. The molecule has 0 aromatic heterocycles. The SMILES string of the molecule is CCOC(=O)N1CCN(C(=O)CN(c2ccc(Cl)c(Cl)c2)S(C)(=O)=O)CC1. The van der Waals surface area contributed by atoms with E-state index in [2.05, 4.69) is 0 Å². The largest absolute Gasteiger partial charge is 0.450 e. The van der Waals surface area contributed by atoms with E-state index in [-0.39, 0.29) is 34.8 Å².